The number of ether oxygens (including phenoxy) is 1. The second-order valence-electron chi connectivity index (χ2n) is 2.69. The molecule has 0 aliphatic heterocycles. The molecule has 0 aliphatic rings. The maximum absolute atomic E-state index is 10.9. The lowest BCUT2D eigenvalue weighted by Gasteiger charge is -1.98. The van der Waals surface area contributed by atoms with E-state index in [-0.39, 0.29) is 0 Å². The normalized spacial score (nSPS) is 13.0. The van der Waals surface area contributed by atoms with Crippen molar-refractivity contribution >= 4 is 32.5 Å². The van der Waals surface area contributed by atoms with E-state index < -0.39 is 11.1 Å². The van der Waals surface area contributed by atoms with Gasteiger partial charge < -0.3 is 9.29 Å². The first-order valence-corrected chi connectivity index (χ1v) is 5.82. The molecule has 14 heavy (non-hydrogen) atoms. The molecule has 74 valence electrons. The number of hydrogen-bond donors (Lipinski definition) is 1. The smallest absolute Gasteiger partial charge is 0.196 e. The van der Waals surface area contributed by atoms with Crippen LogP contribution in [0.15, 0.2) is 28.5 Å². The Morgan fingerprint density at radius 2 is 2.29 bits per heavy atom. The zero-order chi connectivity index (χ0) is 10.1. The predicted octanol–water partition coefficient (Wildman–Crippen LogP) is 2.49. The van der Waals surface area contributed by atoms with Gasteiger partial charge in [0, 0.05) is 0 Å². The third kappa shape index (κ3) is 1.54. The number of benzene rings is 1. The molecule has 1 atom stereocenters. The fourth-order valence-electron chi connectivity index (χ4n) is 1.26. The Morgan fingerprint density at radius 3 is 2.93 bits per heavy atom. The quantitative estimate of drug-likeness (QED) is 0.803. The molecular weight excluding hydrogens is 220 g/mol. The Hall–Kier alpha value is -0.910. The summed E-state index contributed by atoms with van der Waals surface area (Å²) in [4.78, 5) is 0. The molecule has 1 N–H and O–H groups in total. The molecule has 5 heteroatoms. The highest BCUT2D eigenvalue weighted by molar-refractivity contribution is 7.82. The molecule has 1 aromatic carbocycles. The van der Waals surface area contributed by atoms with E-state index in [9.17, 15) is 4.21 Å². The largest absolute Gasteiger partial charge is 0.495 e. The summed E-state index contributed by atoms with van der Waals surface area (Å²) in [7, 11) is 1.59. The van der Waals surface area contributed by atoms with Crippen molar-refractivity contribution in [3.8, 4) is 5.75 Å². The molecule has 1 heterocycles. The first-order valence-electron chi connectivity index (χ1n) is 3.90. The number of thiophene rings is 1. The minimum Gasteiger partial charge on any atom is -0.495 e. The number of methoxy groups -OCH3 is 1. The molecule has 0 saturated heterocycles. The highest BCUT2D eigenvalue weighted by Gasteiger charge is 2.09. The fraction of sp³-hybridized carbons (Fsp3) is 0.111. The summed E-state index contributed by atoms with van der Waals surface area (Å²) in [5, 5.41) is 0.937. The van der Waals surface area contributed by atoms with Gasteiger partial charge in [0.05, 0.1) is 11.8 Å². The second-order valence-corrected chi connectivity index (χ2v) is 4.94. The van der Waals surface area contributed by atoms with Crippen LogP contribution in [0.25, 0.3) is 10.1 Å². The molecule has 0 bridgehead atoms. The van der Waals surface area contributed by atoms with Gasteiger partial charge in [0.1, 0.15) is 9.96 Å². The van der Waals surface area contributed by atoms with E-state index in [0.717, 1.165) is 15.8 Å². The zero-order valence-electron chi connectivity index (χ0n) is 7.39. The maximum atomic E-state index is 10.9. The van der Waals surface area contributed by atoms with Crippen molar-refractivity contribution in [1.82, 2.24) is 0 Å². The zero-order valence-corrected chi connectivity index (χ0v) is 9.02. The SMILES string of the molecule is COc1cccc2cc(S(=O)O)sc12. The van der Waals surface area contributed by atoms with Gasteiger partial charge >= 0.3 is 0 Å². The lowest BCUT2D eigenvalue weighted by molar-refractivity contribution is 0.420. The Balaban J connectivity index is 2.70. The van der Waals surface area contributed by atoms with Crippen molar-refractivity contribution in [2.75, 3.05) is 7.11 Å². The van der Waals surface area contributed by atoms with Crippen LogP contribution in [0.2, 0.25) is 0 Å². The predicted molar refractivity (Wildman–Crippen MR) is 57.4 cm³/mol. The Morgan fingerprint density at radius 1 is 1.50 bits per heavy atom. The van der Waals surface area contributed by atoms with E-state index in [1.165, 1.54) is 11.3 Å². The molecule has 0 fully saturated rings. The van der Waals surface area contributed by atoms with Crippen LogP contribution in [0.1, 0.15) is 0 Å². The molecule has 0 saturated carbocycles. The molecule has 3 nitrogen and oxygen atoms in total. The first kappa shape index (κ1) is 9.64. The molecule has 0 spiro atoms. The van der Waals surface area contributed by atoms with E-state index in [1.807, 2.05) is 18.2 Å². The third-order valence-corrected chi connectivity index (χ3v) is 3.98. The molecule has 0 amide bonds. The van der Waals surface area contributed by atoms with Crippen LogP contribution in [-0.4, -0.2) is 15.9 Å². The van der Waals surface area contributed by atoms with Crippen LogP contribution >= 0.6 is 11.3 Å². The van der Waals surface area contributed by atoms with E-state index in [2.05, 4.69) is 0 Å². The first-order chi connectivity index (χ1) is 6.72. The average molecular weight is 228 g/mol. The van der Waals surface area contributed by atoms with Gasteiger partial charge in [-0.05, 0) is 17.5 Å². The van der Waals surface area contributed by atoms with Crippen LogP contribution in [0.3, 0.4) is 0 Å². The summed E-state index contributed by atoms with van der Waals surface area (Å²) in [5.41, 5.74) is 0. The summed E-state index contributed by atoms with van der Waals surface area (Å²) in [5.74, 6) is 0.740. The molecule has 1 unspecified atom stereocenters. The summed E-state index contributed by atoms with van der Waals surface area (Å²) in [6.45, 7) is 0. The fourth-order valence-corrected chi connectivity index (χ4v) is 2.91. The Labute approximate surface area is 87.6 Å². The lowest BCUT2D eigenvalue weighted by Crippen LogP contribution is -1.80. The van der Waals surface area contributed by atoms with E-state index in [4.69, 9.17) is 9.29 Å². The Kier molecular flexibility index (Phi) is 2.54. The van der Waals surface area contributed by atoms with Gasteiger partial charge in [0.15, 0.2) is 11.1 Å². The highest BCUT2D eigenvalue weighted by Crippen LogP contribution is 2.34. The molecular formula is C9H8O3S2. The molecule has 2 aromatic rings. The van der Waals surface area contributed by atoms with Crippen LogP contribution in [0.4, 0.5) is 0 Å². The minimum absolute atomic E-state index is 0.449. The molecule has 2 rings (SSSR count). The van der Waals surface area contributed by atoms with Crippen molar-refractivity contribution in [3.05, 3.63) is 24.3 Å². The summed E-state index contributed by atoms with van der Waals surface area (Å²) >= 11 is -0.627. The van der Waals surface area contributed by atoms with Gasteiger partial charge in [-0.1, -0.05) is 12.1 Å². The maximum Gasteiger partial charge on any atom is 0.196 e. The minimum atomic E-state index is -1.91. The third-order valence-electron chi connectivity index (χ3n) is 1.88. The van der Waals surface area contributed by atoms with Crippen molar-refractivity contribution < 1.29 is 13.5 Å². The van der Waals surface area contributed by atoms with Gasteiger partial charge in [-0.15, -0.1) is 11.3 Å². The lowest BCUT2D eigenvalue weighted by atomic mass is 10.2. The average Bonchev–Trinajstić information content (AvgIpc) is 2.60. The van der Waals surface area contributed by atoms with Gasteiger partial charge in [-0.3, -0.25) is 0 Å². The van der Waals surface area contributed by atoms with E-state index >= 15 is 0 Å². The summed E-state index contributed by atoms with van der Waals surface area (Å²) in [6.07, 6.45) is 0. The molecule has 0 aliphatic carbocycles. The standard InChI is InChI=1S/C9H8O3S2/c1-12-7-4-2-3-6-5-8(14(10)11)13-9(6)7/h2-5H,1H3,(H,10,11). The number of rotatable bonds is 2. The van der Waals surface area contributed by atoms with Gasteiger partial charge in [-0.25, -0.2) is 4.21 Å². The summed E-state index contributed by atoms with van der Waals surface area (Å²) in [6, 6.07) is 7.30. The highest BCUT2D eigenvalue weighted by atomic mass is 32.2. The van der Waals surface area contributed by atoms with E-state index in [0.29, 0.717) is 4.21 Å². The topological polar surface area (TPSA) is 46.5 Å². The molecule has 1 aromatic heterocycles. The van der Waals surface area contributed by atoms with Crippen LogP contribution in [-0.2, 0) is 11.1 Å². The number of fused-ring (bicyclic) bond motifs is 1. The van der Waals surface area contributed by atoms with Crippen molar-refractivity contribution in [3.63, 3.8) is 0 Å². The van der Waals surface area contributed by atoms with Gasteiger partial charge in [0.2, 0.25) is 0 Å². The van der Waals surface area contributed by atoms with Crippen molar-refractivity contribution in [2.45, 2.75) is 4.21 Å². The van der Waals surface area contributed by atoms with Crippen LogP contribution in [0, 0.1) is 0 Å². The van der Waals surface area contributed by atoms with E-state index in [1.54, 1.807) is 13.2 Å². The van der Waals surface area contributed by atoms with Gasteiger partial charge in [-0.2, -0.15) is 0 Å². The van der Waals surface area contributed by atoms with Crippen LogP contribution < -0.4 is 4.74 Å². The molecule has 0 radical (unpaired) electrons. The van der Waals surface area contributed by atoms with Crippen LogP contribution in [0.5, 0.6) is 5.75 Å². The van der Waals surface area contributed by atoms with Crippen molar-refractivity contribution in [2.24, 2.45) is 0 Å². The van der Waals surface area contributed by atoms with Crippen molar-refractivity contribution in [1.29, 1.82) is 0 Å². The summed E-state index contributed by atoms with van der Waals surface area (Å²) < 4.78 is 26.3. The van der Waals surface area contributed by atoms with Gasteiger partial charge in [0.25, 0.3) is 0 Å². The number of hydrogen-bond acceptors (Lipinski definition) is 3. The second kappa shape index (κ2) is 3.68. The monoisotopic (exact) mass is 228 g/mol. The Bertz CT molecular complexity index is 490.